The van der Waals surface area contributed by atoms with Gasteiger partial charge in [-0.15, -0.1) is 0 Å². The van der Waals surface area contributed by atoms with E-state index in [1.807, 2.05) is 6.92 Å². The topological polar surface area (TPSA) is 153 Å². The summed E-state index contributed by atoms with van der Waals surface area (Å²) in [6.07, 6.45) is 3.60. The molecule has 2 bridgehead atoms. The number of carbonyl (C=O) groups is 2. The fourth-order valence-corrected chi connectivity index (χ4v) is 5.89. The first-order chi connectivity index (χ1) is 17.2. The van der Waals surface area contributed by atoms with Crippen molar-refractivity contribution < 1.29 is 48.9 Å². The normalized spacial score (nSPS) is 39.8. The molecule has 5 rings (SSSR count). The molecule has 212 valence electrons. The Labute approximate surface area is 218 Å². The number of β-amino-alcohol motifs (C(OH)–C–C–N with tert-alkyl or cyclic N) is 1. The molecule has 4 heterocycles. The van der Waals surface area contributed by atoms with Crippen molar-refractivity contribution >= 4 is 11.9 Å². The number of hydrogen-bond acceptors (Lipinski definition) is 9. The molecule has 0 aromatic rings. The van der Waals surface area contributed by atoms with E-state index in [1.165, 1.54) is 6.42 Å². The van der Waals surface area contributed by atoms with Gasteiger partial charge in [0.2, 0.25) is 5.79 Å². The van der Waals surface area contributed by atoms with E-state index in [9.17, 15) is 14.7 Å². The van der Waals surface area contributed by atoms with Crippen LogP contribution in [0.1, 0.15) is 67.2 Å². The van der Waals surface area contributed by atoms with Crippen molar-refractivity contribution in [2.75, 3.05) is 13.2 Å². The molecule has 1 aliphatic carbocycles. The van der Waals surface area contributed by atoms with Crippen molar-refractivity contribution in [1.82, 2.24) is 5.32 Å². The van der Waals surface area contributed by atoms with Gasteiger partial charge in [-0.2, -0.15) is 0 Å². The summed E-state index contributed by atoms with van der Waals surface area (Å²) < 4.78 is 18.8. The lowest BCUT2D eigenvalue weighted by atomic mass is 9.58. The van der Waals surface area contributed by atoms with Crippen LogP contribution >= 0.6 is 0 Å². The van der Waals surface area contributed by atoms with Gasteiger partial charge in [0.25, 0.3) is 0 Å². The predicted octanol–water partition coefficient (Wildman–Crippen LogP) is 2.67. The van der Waals surface area contributed by atoms with Gasteiger partial charge in [-0.3, -0.25) is 0 Å². The van der Waals surface area contributed by atoms with E-state index in [4.69, 9.17) is 34.2 Å². The highest BCUT2D eigenvalue weighted by Crippen LogP contribution is 2.60. The molecule has 4 N–H and O–H groups in total. The van der Waals surface area contributed by atoms with E-state index in [2.05, 4.69) is 39.9 Å². The number of hydrogen-bond donors (Lipinski definition) is 4. The minimum Gasteiger partial charge on any atom is -0.478 e. The molecular weight excluding hydrogens is 486 g/mol. The van der Waals surface area contributed by atoms with E-state index in [1.54, 1.807) is 0 Å². The van der Waals surface area contributed by atoms with Crippen LogP contribution in [0.4, 0.5) is 0 Å². The fourth-order valence-electron chi connectivity index (χ4n) is 5.89. The molecule has 1 saturated carbocycles. The van der Waals surface area contributed by atoms with Crippen molar-refractivity contribution in [3.8, 4) is 0 Å². The Morgan fingerprint density at radius 3 is 2.32 bits per heavy atom. The third-order valence-corrected chi connectivity index (χ3v) is 7.79. The molecule has 1 unspecified atom stereocenters. The van der Waals surface area contributed by atoms with E-state index in [-0.39, 0.29) is 24.0 Å². The van der Waals surface area contributed by atoms with Crippen LogP contribution in [-0.2, 0) is 33.6 Å². The van der Waals surface area contributed by atoms with Crippen LogP contribution in [0.2, 0.25) is 0 Å². The highest BCUT2D eigenvalue weighted by molar-refractivity contribution is 5.89. The number of carboxylic acids is 2. The van der Waals surface area contributed by atoms with Crippen LogP contribution in [0.5, 0.6) is 0 Å². The lowest BCUT2D eigenvalue weighted by Crippen LogP contribution is -2.70. The minimum atomic E-state index is -1.26. The molecule has 5 fully saturated rings. The van der Waals surface area contributed by atoms with Gasteiger partial charge in [-0.25, -0.2) is 19.4 Å². The largest absolute Gasteiger partial charge is 0.478 e. The van der Waals surface area contributed by atoms with Crippen LogP contribution < -0.4 is 5.32 Å². The van der Waals surface area contributed by atoms with Gasteiger partial charge in [-0.1, -0.05) is 13.8 Å². The lowest BCUT2D eigenvalue weighted by molar-refractivity contribution is -0.577. The number of carboxylic acid groups (broad SMARTS) is 2. The second-order valence-corrected chi connectivity index (χ2v) is 11.9. The highest BCUT2D eigenvalue weighted by atomic mass is 17.3. The molecule has 0 amide bonds. The Morgan fingerprint density at radius 1 is 1.08 bits per heavy atom. The van der Waals surface area contributed by atoms with Gasteiger partial charge in [0.05, 0.1) is 12.7 Å². The van der Waals surface area contributed by atoms with Gasteiger partial charge in [0, 0.05) is 42.5 Å². The first kappa shape index (κ1) is 29.9. The summed E-state index contributed by atoms with van der Waals surface area (Å²) >= 11 is 0. The number of ether oxygens (including phenoxy) is 3. The monoisotopic (exact) mass is 529 g/mol. The van der Waals surface area contributed by atoms with Gasteiger partial charge in [0.1, 0.15) is 0 Å². The number of aliphatic hydroxyl groups is 1. The number of nitrogens with one attached hydrogen (secondary N) is 1. The van der Waals surface area contributed by atoms with Crippen LogP contribution in [0.3, 0.4) is 0 Å². The van der Waals surface area contributed by atoms with E-state index in [0.29, 0.717) is 30.5 Å². The smallest absolute Gasteiger partial charge is 0.328 e. The second-order valence-electron chi connectivity index (χ2n) is 11.9. The summed E-state index contributed by atoms with van der Waals surface area (Å²) in [5.41, 5.74) is -0.616. The number of aliphatic hydroxyl groups excluding tert-OH is 1. The number of aliphatic carboxylic acids is 2. The SMILES string of the molecule is C[C@H]1[C@@H](OCC(O)CNC(C)(C)C)O[C@@H]2O[C@@]3(C)CC[C@H]4[C@H](C)CC[C@@H]1[C@@]24OO3.O=C(O)/C=C\C(=O)O. The number of fused-ring (bicyclic) bond motifs is 2. The van der Waals surface area contributed by atoms with Crippen LogP contribution in [0, 0.1) is 23.7 Å². The Hall–Kier alpha value is -1.60. The van der Waals surface area contributed by atoms with Gasteiger partial charge in [-0.05, 0) is 58.8 Å². The minimum absolute atomic E-state index is 0.0456. The van der Waals surface area contributed by atoms with Crippen molar-refractivity contribution in [3.63, 3.8) is 0 Å². The van der Waals surface area contributed by atoms with E-state index < -0.39 is 42.0 Å². The molecule has 0 aromatic heterocycles. The average Bonchev–Trinajstić information content (AvgIpc) is 3.03. The summed E-state index contributed by atoms with van der Waals surface area (Å²) in [4.78, 5) is 31.1. The zero-order valence-corrected chi connectivity index (χ0v) is 22.6. The van der Waals surface area contributed by atoms with Crippen LogP contribution in [-0.4, -0.2) is 76.0 Å². The van der Waals surface area contributed by atoms with Gasteiger partial charge >= 0.3 is 11.9 Å². The molecule has 4 aliphatic heterocycles. The van der Waals surface area contributed by atoms with Crippen molar-refractivity contribution in [1.29, 1.82) is 0 Å². The summed E-state index contributed by atoms with van der Waals surface area (Å²) in [7, 11) is 0. The van der Waals surface area contributed by atoms with Crippen LogP contribution in [0.15, 0.2) is 12.2 Å². The Balaban J connectivity index is 0.000000414. The standard InChI is InChI=1S/C22H39NO6.C4H4O4/c1-13-7-8-17-14(2)18(25-12-15(24)11-23-20(3,4)5)26-19-22(17)16(13)9-10-21(6,27-19)28-29-22;5-3(6)1-2-4(7)8/h13-19,23-24H,7-12H2,1-6H3;1-2H,(H,5,6)(H,7,8)/b;2-1-/t13-,14-,15?,16+,17+,18+,19-,21-,22-;/m1./s1. The molecule has 11 nitrogen and oxygen atoms in total. The van der Waals surface area contributed by atoms with Crippen molar-refractivity contribution in [2.24, 2.45) is 23.7 Å². The van der Waals surface area contributed by atoms with Gasteiger partial charge < -0.3 is 34.8 Å². The molecule has 9 atom stereocenters. The summed E-state index contributed by atoms with van der Waals surface area (Å²) in [5, 5.41) is 29.3. The lowest BCUT2D eigenvalue weighted by Gasteiger charge is -2.60. The zero-order valence-electron chi connectivity index (χ0n) is 22.6. The molecular formula is C26H43NO10. The molecule has 5 aliphatic rings. The van der Waals surface area contributed by atoms with Crippen molar-refractivity contribution in [3.05, 3.63) is 12.2 Å². The summed E-state index contributed by atoms with van der Waals surface area (Å²) in [6, 6.07) is 0. The number of rotatable bonds is 7. The van der Waals surface area contributed by atoms with Gasteiger partial charge in [0.15, 0.2) is 18.2 Å². The zero-order chi connectivity index (χ0) is 27.6. The quantitative estimate of drug-likeness (QED) is 0.284. The van der Waals surface area contributed by atoms with Crippen LogP contribution in [0.25, 0.3) is 0 Å². The maximum Gasteiger partial charge on any atom is 0.328 e. The second kappa shape index (κ2) is 11.6. The van der Waals surface area contributed by atoms with Crippen molar-refractivity contribution in [2.45, 2.75) is 103 Å². The maximum absolute atomic E-state index is 10.3. The molecule has 4 saturated heterocycles. The summed E-state index contributed by atoms with van der Waals surface area (Å²) in [6.45, 7) is 13.3. The predicted molar refractivity (Wildman–Crippen MR) is 131 cm³/mol. The highest BCUT2D eigenvalue weighted by Gasteiger charge is 2.69. The molecule has 0 aromatic carbocycles. The molecule has 37 heavy (non-hydrogen) atoms. The van der Waals surface area contributed by atoms with E-state index in [0.717, 1.165) is 19.3 Å². The first-order valence-electron chi connectivity index (χ1n) is 13.1. The van der Waals surface area contributed by atoms with E-state index >= 15 is 0 Å². The average molecular weight is 530 g/mol. The Morgan fingerprint density at radius 2 is 1.73 bits per heavy atom. The third-order valence-electron chi connectivity index (χ3n) is 7.79. The Kier molecular flexibility index (Phi) is 9.43. The fraction of sp³-hybridized carbons (Fsp3) is 0.846. The molecule has 0 radical (unpaired) electrons. The summed E-state index contributed by atoms with van der Waals surface area (Å²) in [5.74, 6) is -2.04. The first-order valence-corrected chi connectivity index (χ1v) is 13.1. The Bertz CT molecular complexity index is 828. The molecule has 1 spiro atoms. The molecule has 11 heteroatoms. The maximum atomic E-state index is 10.3. The third kappa shape index (κ3) is 7.08.